The normalized spacial score (nSPS) is 15.7. The van der Waals surface area contributed by atoms with Gasteiger partial charge in [-0.25, -0.2) is 9.37 Å². The predicted octanol–water partition coefficient (Wildman–Crippen LogP) is 4.16. The van der Waals surface area contributed by atoms with Gasteiger partial charge < -0.3 is 10.6 Å². The van der Waals surface area contributed by atoms with Gasteiger partial charge in [0.15, 0.2) is 5.91 Å². The molecule has 0 saturated carbocycles. The van der Waals surface area contributed by atoms with Crippen LogP contribution in [0.15, 0.2) is 52.2 Å². The highest BCUT2D eigenvalue weighted by atomic mass is 31.0. The van der Waals surface area contributed by atoms with Crippen LogP contribution in [0.2, 0.25) is 0 Å². The number of nitrogens with two attached hydrogens (primary N) is 1. The summed E-state index contributed by atoms with van der Waals surface area (Å²) >= 11 is 0. The van der Waals surface area contributed by atoms with E-state index in [9.17, 15) is 9.18 Å². The summed E-state index contributed by atoms with van der Waals surface area (Å²) in [6, 6.07) is 3.33. The van der Waals surface area contributed by atoms with Gasteiger partial charge in [0, 0.05) is 80.3 Å². The zero-order chi connectivity index (χ0) is 25.7. The van der Waals surface area contributed by atoms with Gasteiger partial charge in [0.1, 0.15) is 5.82 Å². The monoisotopic (exact) mass is 496 g/mol. The molecule has 3 rings (SSSR count). The number of aromatic nitrogens is 3. The zero-order valence-electron chi connectivity index (χ0n) is 20.9. The average molecular weight is 497 g/mol. The molecule has 9 heteroatoms. The minimum atomic E-state index is -1.40. The van der Waals surface area contributed by atoms with E-state index in [4.69, 9.17) is 5.73 Å². The van der Waals surface area contributed by atoms with Crippen molar-refractivity contribution in [3.63, 3.8) is 0 Å². The summed E-state index contributed by atoms with van der Waals surface area (Å²) in [4.78, 5) is 28.0. The van der Waals surface area contributed by atoms with Crippen molar-refractivity contribution in [3.05, 3.63) is 81.1 Å². The number of pyridine rings is 1. The summed E-state index contributed by atoms with van der Waals surface area (Å²) in [5.41, 5.74) is 12.1. The molecule has 0 aromatic carbocycles. The molecule has 186 valence electrons. The molecule has 0 fully saturated rings. The number of allylic oxidation sites excluding steroid dienone is 3. The van der Waals surface area contributed by atoms with E-state index in [-0.39, 0.29) is 11.3 Å². The maximum absolute atomic E-state index is 13.9. The van der Waals surface area contributed by atoms with Crippen molar-refractivity contribution in [1.29, 1.82) is 0 Å². The maximum atomic E-state index is 13.9. The third kappa shape index (κ3) is 5.93. The van der Waals surface area contributed by atoms with E-state index in [2.05, 4.69) is 39.4 Å². The molecule has 3 heterocycles. The molecule has 2 N–H and O–H groups in total. The smallest absolute Gasteiger partial charge is 0.253 e. The number of hydrogen-bond donors (Lipinski definition) is 1. The SMILES string of the molecule is C=C(/C(C)=C(/C)c1nc(C(F)P)cc(=O)n1C)N1CCc2ncc(/C(C=NCCC)=C/N)cc2C1. The van der Waals surface area contributed by atoms with Crippen molar-refractivity contribution < 1.29 is 4.39 Å². The topological polar surface area (TPSA) is 89.4 Å². The second-order valence-corrected chi connectivity index (χ2v) is 9.24. The first-order chi connectivity index (χ1) is 16.7. The summed E-state index contributed by atoms with van der Waals surface area (Å²) < 4.78 is 15.3. The molecule has 2 aromatic rings. The summed E-state index contributed by atoms with van der Waals surface area (Å²) in [6.45, 7) is 12.4. The van der Waals surface area contributed by atoms with E-state index in [0.29, 0.717) is 12.4 Å². The van der Waals surface area contributed by atoms with Crippen LogP contribution in [0.5, 0.6) is 0 Å². The lowest BCUT2D eigenvalue weighted by molar-refractivity contribution is 0.326. The van der Waals surface area contributed by atoms with E-state index in [1.165, 1.54) is 10.6 Å². The van der Waals surface area contributed by atoms with Gasteiger partial charge in [0.25, 0.3) is 5.56 Å². The quantitative estimate of drug-likeness (QED) is 0.337. The average Bonchev–Trinajstić information content (AvgIpc) is 2.86. The first kappa shape index (κ1) is 26.5. The maximum Gasteiger partial charge on any atom is 0.253 e. The molecule has 0 amide bonds. The van der Waals surface area contributed by atoms with Gasteiger partial charge in [-0.1, -0.05) is 22.7 Å². The molecule has 2 atom stereocenters. The molecule has 2 unspecified atom stereocenters. The number of aliphatic imine (C=N–C) groups is 1. The number of fused-ring (bicyclic) bond motifs is 1. The Hall–Kier alpha value is -3.12. The van der Waals surface area contributed by atoms with Gasteiger partial charge in [-0.3, -0.25) is 19.3 Å². The molecule has 1 aliphatic rings. The number of halogens is 1. The number of alkyl halides is 1. The van der Waals surface area contributed by atoms with E-state index < -0.39 is 5.91 Å². The first-order valence-electron chi connectivity index (χ1n) is 11.7. The summed E-state index contributed by atoms with van der Waals surface area (Å²) in [5, 5.41) is 0. The molecule has 0 spiro atoms. The third-order valence-corrected chi connectivity index (χ3v) is 6.63. The van der Waals surface area contributed by atoms with Crippen LogP contribution in [0.1, 0.15) is 61.4 Å². The molecular weight excluding hydrogens is 462 g/mol. The van der Waals surface area contributed by atoms with Gasteiger partial charge in [-0.05, 0) is 43.0 Å². The van der Waals surface area contributed by atoms with Crippen LogP contribution in [-0.4, -0.2) is 38.7 Å². The number of nitrogens with zero attached hydrogens (tertiary/aromatic N) is 5. The molecule has 0 aliphatic carbocycles. The number of rotatable bonds is 8. The van der Waals surface area contributed by atoms with Crippen molar-refractivity contribution in [1.82, 2.24) is 19.4 Å². The Labute approximate surface area is 208 Å². The third-order valence-electron chi connectivity index (χ3n) is 6.29. The van der Waals surface area contributed by atoms with Gasteiger partial charge in [0.05, 0.1) is 5.69 Å². The van der Waals surface area contributed by atoms with Gasteiger partial charge in [-0.15, -0.1) is 0 Å². The highest BCUT2D eigenvalue weighted by Gasteiger charge is 2.22. The van der Waals surface area contributed by atoms with Crippen molar-refractivity contribution >= 4 is 26.6 Å². The van der Waals surface area contributed by atoms with Crippen molar-refractivity contribution in [2.24, 2.45) is 17.8 Å². The van der Waals surface area contributed by atoms with Crippen LogP contribution in [0.3, 0.4) is 0 Å². The Bertz CT molecular complexity index is 1260. The molecule has 0 saturated heterocycles. The van der Waals surface area contributed by atoms with Gasteiger partial charge >= 0.3 is 0 Å². The van der Waals surface area contributed by atoms with Gasteiger partial charge in [0.2, 0.25) is 0 Å². The second kappa shape index (κ2) is 11.5. The lowest BCUT2D eigenvalue weighted by Crippen LogP contribution is -2.31. The fourth-order valence-electron chi connectivity index (χ4n) is 3.98. The standard InChI is InChI=1S/C26H34FN6OP/c1-6-8-29-13-21(12-28)19-10-20-15-33(9-7-22(20)30-14-19)18(4)16(2)17(3)26-31-23(25(27)35)11-24(34)32(26)5/h10-14,25H,4,6-9,15,28,35H2,1-3,5H3/b17-16-,21-12+,29-13?. The van der Waals surface area contributed by atoms with Crippen molar-refractivity contribution in [2.45, 2.75) is 46.1 Å². The van der Waals surface area contributed by atoms with E-state index in [1.807, 2.05) is 29.3 Å². The summed E-state index contributed by atoms with van der Waals surface area (Å²) in [6.07, 6.45) is 6.96. The molecule has 0 radical (unpaired) electrons. The summed E-state index contributed by atoms with van der Waals surface area (Å²) in [5.74, 6) is -0.972. The molecular formula is C26H34FN6OP. The zero-order valence-corrected chi connectivity index (χ0v) is 22.0. The van der Waals surface area contributed by atoms with Crippen LogP contribution < -0.4 is 11.3 Å². The van der Waals surface area contributed by atoms with Crippen molar-refractivity contribution in [3.8, 4) is 0 Å². The van der Waals surface area contributed by atoms with E-state index in [0.717, 1.165) is 65.2 Å². The minimum Gasteiger partial charge on any atom is -0.404 e. The first-order valence-corrected chi connectivity index (χ1v) is 12.3. The Morgan fingerprint density at radius 3 is 2.80 bits per heavy atom. The minimum absolute atomic E-state index is 0.0996. The fourth-order valence-corrected chi connectivity index (χ4v) is 4.15. The van der Waals surface area contributed by atoms with Crippen LogP contribution in [0, 0.1) is 0 Å². The molecule has 7 nitrogen and oxygen atoms in total. The van der Waals surface area contributed by atoms with E-state index in [1.54, 1.807) is 19.5 Å². The lowest BCUT2D eigenvalue weighted by atomic mass is 9.99. The van der Waals surface area contributed by atoms with E-state index >= 15 is 0 Å². The molecule has 2 aromatic heterocycles. The number of hydrogen-bond acceptors (Lipinski definition) is 6. The van der Waals surface area contributed by atoms with Crippen LogP contribution in [0.4, 0.5) is 4.39 Å². The Morgan fingerprint density at radius 1 is 1.40 bits per heavy atom. The predicted molar refractivity (Wildman–Crippen MR) is 145 cm³/mol. The Kier molecular flexibility index (Phi) is 8.73. The molecule has 1 aliphatic heterocycles. The molecule has 35 heavy (non-hydrogen) atoms. The summed E-state index contributed by atoms with van der Waals surface area (Å²) in [7, 11) is 3.68. The fraction of sp³-hybridized carbons (Fsp3) is 0.385. The van der Waals surface area contributed by atoms with Crippen LogP contribution in [-0.2, 0) is 20.0 Å². The lowest BCUT2D eigenvalue weighted by Gasteiger charge is -2.33. The Morgan fingerprint density at radius 2 is 2.14 bits per heavy atom. The second-order valence-electron chi connectivity index (χ2n) is 8.66. The highest BCUT2D eigenvalue weighted by Crippen LogP contribution is 2.29. The highest BCUT2D eigenvalue weighted by molar-refractivity contribution is 7.16. The van der Waals surface area contributed by atoms with Gasteiger partial charge in [-0.2, -0.15) is 0 Å². The molecule has 0 bridgehead atoms. The van der Waals surface area contributed by atoms with Crippen LogP contribution in [0.25, 0.3) is 11.1 Å². The Balaban J connectivity index is 1.89. The van der Waals surface area contributed by atoms with Crippen LogP contribution >= 0.6 is 9.24 Å². The largest absolute Gasteiger partial charge is 0.404 e. The van der Waals surface area contributed by atoms with Crippen molar-refractivity contribution in [2.75, 3.05) is 13.1 Å².